The van der Waals surface area contributed by atoms with Crippen LogP contribution in [0.2, 0.25) is 0 Å². The van der Waals surface area contributed by atoms with Crippen LogP contribution in [0.15, 0.2) is 23.1 Å². The van der Waals surface area contributed by atoms with Gasteiger partial charge in [-0.3, -0.25) is 19.4 Å². The minimum absolute atomic E-state index is 0.203. The van der Waals surface area contributed by atoms with Crippen molar-refractivity contribution in [2.75, 3.05) is 39.8 Å². The van der Waals surface area contributed by atoms with Gasteiger partial charge in [-0.25, -0.2) is 0 Å². The van der Waals surface area contributed by atoms with Gasteiger partial charge in [0.1, 0.15) is 0 Å². The van der Waals surface area contributed by atoms with Gasteiger partial charge < -0.3 is 14.2 Å². The average Bonchev–Trinajstić information content (AvgIpc) is 3.16. The van der Waals surface area contributed by atoms with E-state index in [0.29, 0.717) is 36.3 Å². The number of ether oxygens (including phenoxy) is 3. The van der Waals surface area contributed by atoms with Gasteiger partial charge in [0.15, 0.2) is 11.5 Å². The predicted octanol–water partition coefficient (Wildman–Crippen LogP) is 1.74. The third-order valence-corrected chi connectivity index (χ3v) is 4.92. The molecule has 3 aliphatic rings. The smallest absolute Gasteiger partial charge is 0.294 e. The lowest BCUT2D eigenvalue weighted by Gasteiger charge is -2.29. The lowest BCUT2D eigenvalue weighted by Crippen LogP contribution is -2.45. The van der Waals surface area contributed by atoms with Crippen LogP contribution in [0.25, 0.3) is 6.08 Å². The molecule has 0 spiro atoms. The summed E-state index contributed by atoms with van der Waals surface area (Å²) in [6.07, 6.45) is 1.71. The Kier molecular flexibility index (Phi) is 4.17. The van der Waals surface area contributed by atoms with Gasteiger partial charge in [-0.2, -0.15) is 0 Å². The second kappa shape index (κ2) is 6.46. The molecule has 0 aromatic heterocycles. The molecule has 0 radical (unpaired) electrons. The molecule has 2 saturated heterocycles. The Morgan fingerprint density at radius 1 is 1.12 bits per heavy atom. The normalized spacial score (nSPS) is 22.7. The van der Waals surface area contributed by atoms with Crippen LogP contribution in [0.1, 0.15) is 5.56 Å². The topological polar surface area (TPSA) is 68.3 Å². The molecule has 1 aromatic rings. The van der Waals surface area contributed by atoms with Crippen molar-refractivity contribution in [2.24, 2.45) is 0 Å². The molecule has 0 bridgehead atoms. The summed E-state index contributed by atoms with van der Waals surface area (Å²) in [7, 11) is 0. The Balaban J connectivity index is 1.50. The number of morpholine rings is 1. The van der Waals surface area contributed by atoms with Crippen molar-refractivity contribution in [3.8, 4) is 11.5 Å². The van der Waals surface area contributed by atoms with Crippen molar-refractivity contribution < 1.29 is 23.8 Å². The van der Waals surface area contributed by atoms with Gasteiger partial charge in [-0.05, 0) is 35.5 Å². The number of fused-ring (bicyclic) bond motifs is 1. The molecule has 8 heteroatoms. The monoisotopic (exact) mass is 348 g/mol. The van der Waals surface area contributed by atoms with Crippen LogP contribution >= 0.6 is 11.8 Å². The van der Waals surface area contributed by atoms with Crippen LogP contribution in [0.5, 0.6) is 11.5 Å². The SMILES string of the molecule is O=C1S/C(=C/c2ccc3c(c2)OCO3)C(=O)N1CN1CCOCC1. The van der Waals surface area contributed by atoms with Crippen molar-refractivity contribution in [1.82, 2.24) is 9.80 Å². The van der Waals surface area contributed by atoms with Crippen molar-refractivity contribution in [2.45, 2.75) is 0 Å². The second-order valence-electron chi connectivity index (χ2n) is 5.59. The number of rotatable bonds is 3. The van der Waals surface area contributed by atoms with E-state index >= 15 is 0 Å². The van der Waals surface area contributed by atoms with Crippen LogP contribution < -0.4 is 9.47 Å². The highest BCUT2D eigenvalue weighted by molar-refractivity contribution is 8.18. The number of hydrogen-bond acceptors (Lipinski definition) is 7. The standard InChI is InChI=1S/C16H16N2O5S/c19-15-14(8-11-1-2-12-13(7-11)23-10-22-12)24-16(20)18(15)9-17-3-5-21-6-4-17/h1-2,7-8H,3-6,9-10H2/b14-8+. The zero-order valence-corrected chi connectivity index (χ0v) is 13.7. The van der Waals surface area contributed by atoms with E-state index in [-0.39, 0.29) is 17.9 Å². The third kappa shape index (κ3) is 3.00. The fourth-order valence-electron chi connectivity index (χ4n) is 2.72. The maximum atomic E-state index is 12.5. The van der Waals surface area contributed by atoms with Crippen LogP contribution in [-0.4, -0.2) is 60.7 Å². The Labute approximate surface area is 143 Å². The molecule has 0 unspecified atom stereocenters. The van der Waals surface area contributed by atoms with Crippen molar-refractivity contribution in [1.29, 1.82) is 0 Å². The fourth-order valence-corrected chi connectivity index (χ4v) is 3.55. The largest absolute Gasteiger partial charge is 0.454 e. The molecule has 0 atom stereocenters. The van der Waals surface area contributed by atoms with E-state index < -0.39 is 0 Å². The molecule has 2 fully saturated rings. The van der Waals surface area contributed by atoms with E-state index in [4.69, 9.17) is 14.2 Å². The van der Waals surface area contributed by atoms with E-state index in [9.17, 15) is 9.59 Å². The van der Waals surface area contributed by atoms with Crippen LogP contribution in [0.3, 0.4) is 0 Å². The molecule has 24 heavy (non-hydrogen) atoms. The van der Waals surface area contributed by atoms with E-state index in [2.05, 4.69) is 0 Å². The van der Waals surface area contributed by atoms with E-state index in [1.807, 2.05) is 11.0 Å². The summed E-state index contributed by atoms with van der Waals surface area (Å²) < 4.78 is 15.9. The molecule has 3 heterocycles. The Hall–Kier alpha value is -2.03. The van der Waals surface area contributed by atoms with Crippen molar-refractivity contribution in [3.05, 3.63) is 28.7 Å². The summed E-state index contributed by atoms with van der Waals surface area (Å²) in [6, 6.07) is 5.44. The maximum absolute atomic E-state index is 12.5. The maximum Gasteiger partial charge on any atom is 0.294 e. The first-order valence-electron chi connectivity index (χ1n) is 7.66. The Bertz CT molecular complexity index is 714. The van der Waals surface area contributed by atoms with Gasteiger partial charge in [0, 0.05) is 13.1 Å². The molecule has 0 aliphatic carbocycles. The highest BCUT2D eigenvalue weighted by atomic mass is 32.2. The van der Waals surface area contributed by atoms with Gasteiger partial charge in [0.2, 0.25) is 6.79 Å². The molecular weight excluding hydrogens is 332 g/mol. The summed E-state index contributed by atoms with van der Waals surface area (Å²) in [6.45, 7) is 3.22. The number of hydrogen-bond donors (Lipinski definition) is 0. The van der Waals surface area contributed by atoms with E-state index in [0.717, 1.165) is 30.4 Å². The predicted molar refractivity (Wildman–Crippen MR) is 87.6 cm³/mol. The number of carbonyl (C=O) groups is 2. The van der Waals surface area contributed by atoms with Crippen LogP contribution in [-0.2, 0) is 9.53 Å². The molecule has 126 valence electrons. The highest BCUT2D eigenvalue weighted by Crippen LogP contribution is 2.36. The van der Waals surface area contributed by atoms with Gasteiger partial charge in [0.25, 0.3) is 11.1 Å². The van der Waals surface area contributed by atoms with Gasteiger partial charge in [0.05, 0.1) is 24.8 Å². The summed E-state index contributed by atoms with van der Waals surface area (Å²) >= 11 is 0.967. The lowest BCUT2D eigenvalue weighted by atomic mass is 10.2. The summed E-state index contributed by atoms with van der Waals surface area (Å²) in [5, 5.41) is -0.238. The summed E-state index contributed by atoms with van der Waals surface area (Å²) in [5.41, 5.74) is 0.802. The number of carbonyl (C=O) groups excluding carboxylic acids is 2. The molecule has 7 nitrogen and oxygen atoms in total. The summed E-state index contributed by atoms with van der Waals surface area (Å²) in [5.74, 6) is 1.08. The molecule has 0 N–H and O–H groups in total. The second-order valence-corrected chi connectivity index (χ2v) is 6.59. The molecule has 2 amide bonds. The fraction of sp³-hybridized carbons (Fsp3) is 0.375. The lowest BCUT2D eigenvalue weighted by molar-refractivity contribution is -0.125. The third-order valence-electron chi connectivity index (χ3n) is 4.01. The highest BCUT2D eigenvalue weighted by Gasteiger charge is 2.36. The van der Waals surface area contributed by atoms with Crippen LogP contribution in [0, 0.1) is 0 Å². The Morgan fingerprint density at radius 2 is 1.92 bits per heavy atom. The minimum atomic E-state index is -0.255. The quantitative estimate of drug-likeness (QED) is 0.771. The molecule has 3 aliphatic heterocycles. The number of amides is 2. The first-order valence-corrected chi connectivity index (χ1v) is 8.47. The number of benzene rings is 1. The molecule has 4 rings (SSSR count). The molecule has 1 aromatic carbocycles. The van der Waals surface area contributed by atoms with Crippen molar-refractivity contribution in [3.63, 3.8) is 0 Å². The first-order chi connectivity index (χ1) is 11.7. The van der Waals surface area contributed by atoms with Gasteiger partial charge >= 0.3 is 0 Å². The zero-order valence-electron chi connectivity index (χ0n) is 12.9. The molecule has 0 saturated carbocycles. The Morgan fingerprint density at radius 3 is 2.75 bits per heavy atom. The van der Waals surface area contributed by atoms with E-state index in [1.165, 1.54) is 4.90 Å². The van der Waals surface area contributed by atoms with E-state index in [1.54, 1.807) is 18.2 Å². The number of thioether (sulfide) groups is 1. The molecular formula is C16H16N2O5S. The average molecular weight is 348 g/mol. The zero-order chi connectivity index (χ0) is 16.5. The number of nitrogens with zero attached hydrogens (tertiary/aromatic N) is 2. The van der Waals surface area contributed by atoms with Gasteiger partial charge in [-0.15, -0.1) is 0 Å². The van der Waals surface area contributed by atoms with Crippen LogP contribution in [0.4, 0.5) is 4.79 Å². The van der Waals surface area contributed by atoms with Gasteiger partial charge in [-0.1, -0.05) is 6.07 Å². The first kappa shape index (κ1) is 15.5. The van der Waals surface area contributed by atoms with Crippen molar-refractivity contribution >= 4 is 29.0 Å². The minimum Gasteiger partial charge on any atom is -0.454 e. The summed E-state index contributed by atoms with van der Waals surface area (Å²) in [4.78, 5) is 28.5. The number of imide groups is 1.